The first-order valence-corrected chi connectivity index (χ1v) is 11.5. The monoisotopic (exact) mass is 563 g/mol. The van der Waals surface area contributed by atoms with Crippen molar-refractivity contribution in [3.8, 4) is 0 Å². The normalized spacial score (nSPS) is 23.7. The van der Waals surface area contributed by atoms with Gasteiger partial charge < -0.3 is 43.2 Å². The molecular formula is C23H33NO15. The SMILES string of the molecule is COC(=O)CO[C@]1(C(=O)OC)C[C@H](OC(C)=O)[C@@H](NC(C)=O)[C@H]([C@H](OC(C)=O)[C@@H](COC(C)=O)OC(C)=O)O1. The molecule has 0 bridgehead atoms. The maximum absolute atomic E-state index is 13.0. The van der Waals surface area contributed by atoms with Gasteiger partial charge in [0.05, 0.1) is 26.7 Å². The second kappa shape index (κ2) is 15.0. The molecule has 16 heteroatoms. The summed E-state index contributed by atoms with van der Waals surface area (Å²) in [6.07, 6.45) is -6.96. The highest BCUT2D eigenvalue weighted by Crippen LogP contribution is 2.37. The summed E-state index contributed by atoms with van der Waals surface area (Å²) in [5.41, 5.74) is 0. The van der Waals surface area contributed by atoms with Crippen LogP contribution in [0.2, 0.25) is 0 Å². The second-order valence-corrected chi connectivity index (χ2v) is 8.29. The van der Waals surface area contributed by atoms with Crippen molar-refractivity contribution in [2.24, 2.45) is 0 Å². The number of carbonyl (C=O) groups excluding carboxylic acids is 7. The van der Waals surface area contributed by atoms with Crippen LogP contribution in [0.3, 0.4) is 0 Å². The van der Waals surface area contributed by atoms with Gasteiger partial charge in [-0.2, -0.15) is 0 Å². The number of hydrogen-bond donors (Lipinski definition) is 1. The van der Waals surface area contributed by atoms with E-state index >= 15 is 0 Å². The van der Waals surface area contributed by atoms with Crippen molar-refractivity contribution in [1.82, 2.24) is 5.32 Å². The minimum atomic E-state index is -2.48. The fourth-order valence-electron chi connectivity index (χ4n) is 3.78. The van der Waals surface area contributed by atoms with Gasteiger partial charge in [-0.3, -0.25) is 24.0 Å². The summed E-state index contributed by atoms with van der Waals surface area (Å²) in [7, 11) is 2.04. The highest BCUT2D eigenvalue weighted by atomic mass is 16.7. The predicted octanol–water partition coefficient (Wildman–Crippen LogP) is -1.30. The number of esters is 6. The fourth-order valence-corrected chi connectivity index (χ4v) is 3.78. The Labute approximate surface area is 223 Å². The number of amides is 1. The first-order chi connectivity index (χ1) is 18.1. The van der Waals surface area contributed by atoms with E-state index in [1.807, 2.05) is 0 Å². The van der Waals surface area contributed by atoms with Crippen LogP contribution < -0.4 is 5.32 Å². The molecule has 39 heavy (non-hydrogen) atoms. The van der Waals surface area contributed by atoms with Crippen LogP contribution in [0, 0.1) is 0 Å². The maximum atomic E-state index is 13.0. The molecule has 220 valence electrons. The van der Waals surface area contributed by atoms with Crippen molar-refractivity contribution < 1.29 is 71.5 Å². The molecule has 1 aliphatic rings. The van der Waals surface area contributed by atoms with Crippen LogP contribution in [0.4, 0.5) is 0 Å². The zero-order valence-electron chi connectivity index (χ0n) is 22.6. The molecule has 16 nitrogen and oxygen atoms in total. The lowest BCUT2D eigenvalue weighted by atomic mass is 9.88. The van der Waals surface area contributed by atoms with Crippen molar-refractivity contribution >= 4 is 41.7 Å². The first-order valence-electron chi connectivity index (χ1n) is 11.5. The highest BCUT2D eigenvalue weighted by molar-refractivity contribution is 5.79. The topological polar surface area (TPSA) is 205 Å². The van der Waals surface area contributed by atoms with Gasteiger partial charge in [0.2, 0.25) is 5.91 Å². The summed E-state index contributed by atoms with van der Waals surface area (Å²) in [5, 5.41) is 2.50. The summed E-state index contributed by atoms with van der Waals surface area (Å²) in [4.78, 5) is 84.5. The van der Waals surface area contributed by atoms with E-state index in [0.717, 1.165) is 48.8 Å². The number of hydrogen-bond acceptors (Lipinski definition) is 15. The molecule has 0 spiro atoms. The quantitative estimate of drug-likeness (QED) is 0.216. The molecule has 0 aromatic carbocycles. The van der Waals surface area contributed by atoms with Gasteiger partial charge in [0.1, 0.15) is 25.4 Å². The van der Waals surface area contributed by atoms with Crippen molar-refractivity contribution in [3.05, 3.63) is 0 Å². The van der Waals surface area contributed by atoms with E-state index in [-0.39, 0.29) is 0 Å². The largest absolute Gasteiger partial charge is 0.467 e. The zero-order valence-corrected chi connectivity index (χ0v) is 22.6. The number of rotatable bonds is 12. The van der Waals surface area contributed by atoms with E-state index < -0.39 is 97.6 Å². The molecule has 1 saturated heterocycles. The summed E-state index contributed by atoms with van der Waals surface area (Å²) < 4.78 is 41.7. The maximum Gasteiger partial charge on any atom is 0.366 e. The molecular weight excluding hydrogens is 530 g/mol. The Morgan fingerprint density at radius 2 is 1.49 bits per heavy atom. The molecule has 1 rings (SSSR count). The van der Waals surface area contributed by atoms with Crippen molar-refractivity contribution in [2.45, 2.75) is 77.3 Å². The molecule has 1 aliphatic heterocycles. The van der Waals surface area contributed by atoms with E-state index in [4.69, 9.17) is 33.2 Å². The summed E-state index contributed by atoms with van der Waals surface area (Å²) in [6, 6.07) is -1.36. The van der Waals surface area contributed by atoms with E-state index in [1.165, 1.54) is 0 Å². The van der Waals surface area contributed by atoms with Gasteiger partial charge in [0.25, 0.3) is 5.79 Å². The summed E-state index contributed by atoms with van der Waals surface area (Å²) in [6.45, 7) is 3.80. The van der Waals surface area contributed by atoms with Crippen LogP contribution in [-0.4, -0.2) is 105 Å². The Kier molecular flexibility index (Phi) is 12.8. The van der Waals surface area contributed by atoms with Gasteiger partial charge in [-0.15, -0.1) is 0 Å². The van der Waals surface area contributed by atoms with Crippen molar-refractivity contribution in [1.29, 1.82) is 0 Å². The molecule has 1 N–H and O–H groups in total. The van der Waals surface area contributed by atoms with Gasteiger partial charge in [0.15, 0.2) is 12.2 Å². The molecule has 0 unspecified atom stereocenters. The molecule has 0 aromatic heterocycles. The molecule has 0 radical (unpaired) electrons. The molecule has 0 aromatic rings. The Bertz CT molecular complexity index is 950. The predicted molar refractivity (Wildman–Crippen MR) is 123 cm³/mol. The van der Waals surface area contributed by atoms with Crippen LogP contribution in [-0.2, 0) is 71.5 Å². The van der Waals surface area contributed by atoms with E-state index in [1.54, 1.807) is 0 Å². The van der Waals surface area contributed by atoms with E-state index in [9.17, 15) is 33.6 Å². The zero-order chi connectivity index (χ0) is 29.9. The van der Waals surface area contributed by atoms with Gasteiger partial charge in [-0.05, 0) is 0 Å². The third-order valence-electron chi connectivity index (χ3n) is 5.15. The van der Waals surface area contributed by atoms with Crippen LogP contribution in [0.1, 0.15) is 41.0 Å². The molecule has 1 fully saturated rings. The standard InChI is InChI=1S/C23H33NO15/c1-11(25)24-19-16(36-13(3)27)8-23(22(31)33-7,35-10-18(30)32-6)39-21(19)20(38-15(5)29)17(37-14(4)28)9-34-12(2)26/h16-17,19-21H,8-10H2,1-7H3,(H,24,25)/t16-,17+,19+,20+,21+,23+/m0/s1. The van der Waals surface area contributed by atoms with Crippen LogP contribution in [0.5, 0.6) is 0 Å². The van der Waals surface area contributed by atoms with Crippen LogP contribution in [0.15, 0.2) is 0 Å². The van der Waals surface area contributed by atoms with Gasteiger partial charge in [0, 0.05) is 34.6 Å². The summed E-state index contributed by atoms with van der Waals surface area (Å²) >= 11 is 0. The van der Waals surface area contributed by atoms with Crippen LogP contribution in [0.25, 0.3) is 0 Å². The number of ether oxygens (including phenoxy) is 8. The van der Waals surface area contributed by atoms with Crippen molar-refractivity contribution in [3.63, 3.8) is 0 Å². The molecule has 0 aliphatic carbocycles. The lowest BCUT2D eigenvalue weighted by molar-refractivity contribution is -0.313. The lowest BCUT2D eigenvalue weighted by Crippen LogP contribution is -2.69. The smallest absolute Gasteiger partial charge is 0.366 e. The highest BCUT2D eigenvalue weighted by Gasteiger charge is 2.59. The van der Waals surface area contributed by atoms with E-state index in [0.29, 0.717) is 0 Å². The molecule has 1 heterocycles. The number of carbonyl (C=O) groups is 7. The Hall–Kier alpha value is -3.79. The fraction of sp³-hybridized carbons (Fsp3) is 0.696. The second-order valence-electron chi connectivity index (χ2n) is 8.29. The number of nitrogens with one attached hydrogen (secondary N) is 1. The van der Waals surface area contributed by atoms with Gasteiger partial charge >= 0.3 is 35.8 Å². The van der Waals surface area contributed by atoms with Gasteiger partial charge in [-0.25, -0.2) is 9.59 Å². The molecule has 1 amide bonds. The van der Waals surface area contributed by atoms with Gasteiger partial charge in [-0.1, -0.05) is 0 Å². The molecule has 6 atom stereocenters. The minimum Gasteiger partial charge on any atom is -0.467 e. The van der Waals surface area contributed by atoms with Crippen molar-refractivity contribution in [2.75, 3.05) is 27.4 Å². The minimum absolute atomic E-state index is 0.605. The average Bonchev–Trinajstić information content (AvgIpc) is 2.83. The third-order valence-corrected chi connectivity index (χ3v) is 5.15. The lowest BCUT2D eigenvalue weighted by Gasteiger charge is -2.48. The molecule has 0 saturated carbocycles. The summed E-state index contributed by atoms with van der Waals surface area (Å²) in [5.74, 6) is -8.69. The number of methoxy groups -OCH3 is 2. The average molecular weight is 564 g/mol. The van der Waals surface area contributed by atoms with Crippen LogP contribution >= 0.6 is 0 Å². The Balaban J connectivity index is 3.83. The Morgan fingerprint density at radius 1 is 0.872 bits per heavy atom. The third kappa shape index (κ3) is 10.1. The first kappa shape index (κ1) is 33.2. The Morgan fingerprint density at radius 3 is 1.95 bits per heavy atom. The van der Waals surface area contributed by atoms with E-state index in [2.05, 4.69) is 10.1 Å².